The number of benzene rings is 1. The summed E-state index contributed by atoms with van der Waals surface area (Å²) in [5, 5.41) is 2.84. The first-order valence-corrected chi connectivity index (χ1v) is 9.84. The molecule has 1 aromatic rings. The Morgan fingerprint density at radius 3 is 2.43 bits per heavy atom. The summed E-state index contributed by atoms with van der Waals surface area (Å²) in [6.45, 7) is 5.11. The van der Waals surface area contributed by atoms with E-state index in [-0.39, 0.29) is 16.7 Å². The number of amides is 1. The third kappa shape index (κ3) is 4.32. The minimum absolute atomic E-state index is 0.0441. The van der Waals surface area contributed by atoms with Crippen LogP contribution in [0, 0.1) is 5.92 Å². The first kappa shape index (κ1) is 17.9. The van der Waals surface area contributed by atoms with Crippen LogP contribution < -0.4 is 5.32 Å². The lowest BCUT2D eigenvalue weighted by Crippen LogP contribution is -2.35. The maximum absolute atomic E-state index is 12.7. The first-order valence-electron chi connectivity index (χ1n) is 8.40. The van der Waals surface area contributed by atoms with Crippen molar-refractivity contribution < 1.29 is 13.2 Å². The maximum Gasteiger partial charge on any atom is 0.243 e. The summed E-state index contributed by atoms with van der Waals surface area (Å²) >= 11 is 0. The third-order valence-corrected chi connectivity index (χ3v) is 6.31. The van der Waals surface area contributed by atoms with E-state index in [0.717, 1.165) is 32.1 Å². The summed E-state index contributed by atoms with van der Waals surface area (Å²) in [7, 11) is -3.47. The summed E-state index contributed by atoms with van der Waals surface area (Å²) in [6, 6.07) is 6.57. The Bertz CT molecular complexity index is 633. The lowest BCUT2D eigenvalue weighted by Gasteiger charge is -2.26. The fourth-order valence-electron chi connectivity index (χ4n) is 2.89. The number of nitrogens with one attached hydrogen (secondary N) is 1. The van der Waals surface area contributed by atoms with Gasteiger partial charge in [-0.2, -0.15) is 4.31 Å². The monoisotopic (exact) mass is 338 g/mol. The minimum Gasteiger partial charge on any atom is -0.326 e. The number of carbonyl (C=O) groups excluding carboxylic acids is 1. The van der Waals surface area contributed by atoms with Gasteiger partial charge in [0, 0.05) is 24.7 Å². The smallest absolute Gasteiger partial charge is 0.243 e. The number of sulfonamides is 1. The molecule has 0 unspecified atom stereocenters. The van der Waals surface area contributed by atoms with Gasteiger partial charge in [0.25, 0.3) is 0 Å². The summed E-state index contributed by atoms with van der Waals surface area (Å²) in [6.07, 6.45) is 4.44. The van der Waals surface area contributed by atoms with Crippen LogP contribution in [0.2, 0.25) is 0 Å². The molecule has 0 radical (unpaired) electrons. The van der Waals surface area contributed by atoms with Crippen LogP contribution in [0.5, 0.6) is 0 Å². The Morgan fingerprint density at radius 1 is 1.17 bits per heavy atom. The molecule has 1 fully saturated rings. The molecule has 23 heavy (non-hydrogen) atoms. The van der Waals surface area contributed by atoms with Crippen LogP contribution in [0.4, 0.5) is 5.69 Å². The second-order valence-electron chi connectivity index (χ2n) is 6.00. The van der Waals surface area contributed by atoms with Crippen molar-refractivity contribution >= 4 is 21.6 Å². The van der Waals surface area contributed by atoms with Crippen molar-refractivity contribution in [2.75, 3.05) is 18.4 Å². The van der Waals surface area contributed by atoms with E-state index in [1.807, 2.05) is 13.8 Å². The summed E-state index contributed by atoms with van der Waals surface area (Å²) in [5.41, 5.74) is 0.542. The van der Waals surface area contributed by atoms with Crippen molar-refractivity contribution in [1.82, 2.24) is 4.31 Å². The van der Waals surface area contributed by atoms with Gasteiger partial charge in [0.2, 0.25) is 15.9 Å². The van der Waals surface area contributed by atoms with Crippen molar-refractivity contribution in [1.29, 1.82) is 0 Å². The highest BCUT2D eigenvalue weighted by Crippen LogP contribution is 2.23. The van der Waals surface area contributed by atoms with Gasteiger partial charge in [-0.25, -0.2) is 8.42 Å². The molecule has 0 atom stereocenters. The molecule has 0 aromatic heterocycles. The molecule has 0 saturated carbocycles. The van der Waals surface area contributed by atoms with Gasteiger partial charge < -0.3 is 5.32 Å². The Morgan fingerprint density at radius 2 is 1.83 bits per heavy atom. The summed E-state index contributed by atoms with van der Waals surface area (Å²) < 4.78 is 26.9. The topological polar surface area (TPSA) is 66.5 Å². The zero-order chi connectivity index (χ0) is 16.9. The standard InChI is InChI=1S/C17H26N2O3S/c1-3-14(4-2)17(20)18-15-9-8-10-16(13-15)23(21,22)19-11-6-5-7-12-19/h8-10,13-14H,3-7,11-12H2,1-2H3,(H,18,20). The van der Waals surface area contributed by atoms with E-state index in [0.29, 0.717) is 18.8 Å². The number of hydrogen-bond donors (Lipinski definition) is 1. The lowest BCUT2D eigenvalue weighted by atomic mass is 10.0. The van der Waals surface area contributed by atoms with Crippen LogP contribution in [0.25, 0.3) is 0 Å². The van der Waals surface area contributed by atoms with E-state index in [9.17, 15) is 13.2 Å². The van der Waals surface area contributed by atoms with Crippen LogP contribution in [0.1, 0.15) is 46.0 Å². The quantitative estimate of drug-likeness (QED) is 0.866. The number of carbonyl (C=O) groups is 1. The minimum atomic E-state index is -3.47. The molecule has 0 bridgehead atoms. The Labute approximate surface area is 139 Å². The van der Waals surface area contributed by atoms with Crippen molar-refractivity contribution in [3.63, 3.8) is 0 Å². The molecule has 1 heterocycles. The second-order valence-corrected chi connectivity index (χ2v) is 7.93. The molecule has 1 aliphatic heterocycles. The van der Waals surface area contributed by atoms with Crippen LogP contribution in [0.3, 0.4) is 0 Å². The molecule has 1 saturated heterocycles. The predicted molar refractivity (Wildman–Crippen MR) is 91.8 cm³/mol. The van der Waals surface area contributed by atoms with E-state index in [4.69, 9.17) is 0 Å². The van der Waals surface area contributed by atoms with Gasteiger partial charge in [-0.3, -0.25) is 4.79 Å². The van der Waals surface area contributed by atoms with Crippen LogP contribution >= 0.6 is 0 Å². The predicted octanol–water partition coefficient (Wildman–Crippen LogP) is 3.24. The van der Waals surface area contributed by atoms with Gasteiger partial charge in [-0.1, -0.05) is 26.3 Å². The zero-order valence-corrected chi connectivity index (χ0v) is 14.7. The molecular weight excluding hydrogens is 312 g/mol. The van der Waals surface area contributed by atoms with Gasteiger partial charge >= 0.3 is 0 Å². The van der Waals surface area contributed by atoms with Crippen molar-refractivity contribution in [2.24, 2.45) is 5.92 Å². The third-order valence-electron chi connectivity index (χ3n) is 4.41. The molecular formula is C17H26N2O3S. The molecule has 6 heteroatoms. The molecule has 0 spiro atoms. The Balaban J connectivity index is 2.17. The zero-order valence-electron chi connectivity index (χ0n) is 13.9. The molecule has 128 valence electrons. The van der Waals surface area contributed by atoms with Crippen molar-refractivity contribution in [3.05, 3.63) is 24.3 Å². The number of rotatable bonds is 6. The van der Waals surface area contributed by atoms with Crippen LogP contribution in [-0.4, -0.2) is 31.7 Å². The second kappa shape index (κ2) is 7.93. The van der Waals surface area contributed by atoms with Gasteiger partial charge in [0.1, 0.15) is 0 Å². The van der Waals surface area contributed by atoms with Crippen LogP contribution in [0.15, 0.2) is 29.2 Å². The van der Waals surface area contributed by atoms with Crippen molar-refractivity contribution in [3.8, 4) is 0 Å². The number of nitrogens with zero attached hydrogens (tertiary/aromatic N) is 1. The fraction of sp³-hybridized carbons (Fsp3) is 0.588. The van der Waals surface area contributed by atoms with Gasteiger partial charge in [-0.15, -0.1) is 0 Å². The van der Waals surface area contributed by atoms with Crippen LogP contribution in [-0.2, 0) is 14.8 Å². The van der Waals surface area contributed by atoms with E-state index >= 15 is 0 Å². The van der Waals surface area contributed by atoms with Crippen molar-refractivity contribution in [2.45, 2.75) is 50.8 Å². The molecule has 5 nitrogen and oxygen atoms in total. The average molecular weight is 338 g/mol. The van der Waals surface area contributed by atoms with E-state index < -0.39 is 10.0 Å². The van der Waals surface area contributed by atoms with Gasteiger partial charge in [0.05, 0.1) is 4.90 Å². The summed E-state index contributed by atoms with van der Waals surface area (Å²) in [4.78, 5) is 12.4. The summed E-state index contributed by atoms with van der Waals surface area (Å²) in [5.74, 6) is -0.0973. The Hall–Kier alpha value is -1.40. The average Bonchev–Trinajstić information content (AvgIpc) is 2.57. The highest BCUT2D eigenvalue weighted by Gasteiger charge is 2.26. The fourth-order valence-corrected chi connectivity index (χ4v) is 4.46. The van der Waals surface area contributed by atoms with E-state index in [1.54, 1.807) is 28.6 Å². The molecule has 1 amide bonds. The van der Waals surface area contributed by atoms with Gasteiger partial charge in [0.15, 0.2) is 0 Å². The molecule has 2 rings (SSSR count). The first-order chi connectivity index (χ1) is 11.0. The largest absolute Gasteiger partial charge is 0.326 e. The number of piperidine rings is 1. The maximum atomic E-state index is 12.7. The molecule has 1 N–H and O–H groups in total. The van der Waals surface area contributed by atoms with E-state index in [2.05, 4.69) is 5.32 Å². The molecule has 1 aromatic carbocycles. The number of anilines is 1. The number of hydrogen-bond acceptors (Lipinski definition) is 3. The normalized spacial score (nSPS) is 16.5. The Kier molecular flexibility index (Phi) is 6.18. The molecule has 1 aliphatic rings. The van der Waals surface area contributed by atoms with Gasteiger partial charge in [-0.05, 0) is 43.9 Å². The highest BCUT2D eigenvalue weighted by molar-refractivity contribution is 7.89. The lowest BCUT2D eigenvalue weighted by molar-refractivity contribution is -0.120. The SMILES string of the molecule is CCC(CC)C(=O)Nc1cccc(S(=O)(=O)N2CCCCC2)c1. The highest BCUT2D eigenvalue weighted by atomic mass is 32.2. The molecule has 0 aliphatic carbocycles. The van der Waals surface area contributed by atoms with E-state index in [1.165, 1.54) is 0 Å².